The Labute approximate surface area is 207 Å². The fraction of sp³-hybridized carbons (Fsp3) is 0.481. The van der Waals surface area contributed by atoms with E-state index in [2.05, 4.69) is 31.0 Å². The summed E-state index contributed by atoms with van der Waals surface area (Å²) in [6, 6.07) is 10.5. The maximum absolute atomic E-state index is 13.4. The van der Waals surface area contributed by atoms with Crippen molar-refractivity contribution in [2.45, 2.75) is 39.3 Å². The molecule has 0 saturated heterocycles. The third-order valence-corrected chi connectivity index (χ3v) is 6.45. The van der Waals surface area contributed by atoms with Crippen molar-refractivity contribution < 1.29 is 23.5 Å². The highest BCUT2D eigenvalue weighted by Gasteiger charge is 2.28. The molecule has 0 bridgehead atoms. The van der Waals surface area contributed by atoms with Gasteiger partial charge >= 0.3 is 0 Å². The molecular formula is C27H36FN3O4. The Morgan fingerprint density at radius 1 is 1.17 bits per heavy atom. The number of likely N-dealkylation sites (N-methyl/N-ethyl adjacent to an activating group) is 1. The van der Waals surface area contributed by atoms with Gasteiger partial charge in [0, 0.05) is 44.5 Å². The molecule has 1 aliphatic heterocycles. The Bertz CT molecular complexity index is 1010. The second-order valence-corrected chi connectivity index (χ2v) is 9.26. The lowest BCUT2D eigenvalue weighted by molar-refractivity contribution is 0.0108. The maximum atomic E-state index is 13.4. The molecule has 190 valence electrons. The predicted molar refractivity (Wildman–Crippen MR) is 135 cm³/mol. The highest BCUT2D eigenvalue weighted by molar-refractivity contribution is 6.05. The second-order valence-electron chi connectivity index (χ2n) is 9.26. The summed E-state index contributed by atoms with van der Waals surface area (Å²) in [5.41, 5.74) is 1.13. The summed E-state index contributed by atoms with van der Waals surface area (Å²) < 4.78 is 25.1. The lowest BCUT2D eigenvalue weighted by Crippen LogP contribution is -2.46. The Kier molecular flexibility index (Phi) is 9.23. The molecule has 3 rings (SSSR count). The molecular weight excluding hydrogens is 449 g/mol. The summed E-state index contributed by atoms with van der Waals surface area (Å²) in [7, 11) is 3.42. The van der Waals surface area contributed by atoms with Crippen molar-refractivity contribution >= 4 is 17.5 Å². The van der Waals surface area contributed by atoms with Gasteiger partial charge in [0.2, 0.25) is 0 Å². The average molecular weight is 486 g/mol. The third-order valence-electron chi connectivity index (χ3n) is 6.45. The lowest BCUT2D eigenvalue weighted by Gasteiger charge is -2.35. The molecule has 0 spiro atoms. The molecule has 0 aromatic heterocycles. The third kappa shape index (κ3) is 6.80. The number of benzene rings is 2. The first-order valence-electron chi connectivity index (χ1n) is 12.1. The number of rotatable bonds is 5. The number of methoxy groups -OCH3 is 1. The zero-order valence-corrected chi connectivity index (χ0v) is 21.2. The molecule has 2 aromatic rings. The van der Waals surface area contributed by atoms with E-state index in [1.807, 2.05) is 0 Å². The van der Waals surface area contributed by atoms with Crippen LogP contribution in [-0.2, 0) is 4.74 Å². The summed E-state index contributed by atoms with van der Waals surface area (Å²) >= 11 is 0. The Balaban J connectivity index is 1.91. The van der Waals surface area contributed by atoms with Gasteiger partial charge in [-0.1, -0.05) is 13.8 Å². The van der Waals surface area contributed by atoms with E-state index in [9.17, 15) is 14.0 Å². The van der Waals surface area contributed by atoms with Gasteiger partial charge in [-0.3, -0.25) is 14.5 Å². The quantitative estimate of drug-likeness (QED) is 0.684. The zero-order valence-electron chi connectivity index (χ0n) is 21.2. The number of halogens is 1. The van der Waals surface area contributed by atoms with Crippen LogP contribution >= 0.6 is 0 Å². The highest BCUT2D eigenvalue weighted by atomic mass is 19.1. The van der Waals surface area contributed by atoms with Crippen molar-refractivity contribution in [2.24, 2.45) is 5.92 Å². The Hall–Kier alpha value is -2.97. The van der Waals surface area contributed by atoms with E-state index in [0.717, 1.165) is 19.5 Å². The van der Waals surface area contributed by atoms with Gasteiger partial charge in [0.05, 0.1) is 11.7 Å². The number of ether oxygens (including phenoxy) is 2. The molecule has 7 nitrogen and oxygen atoms in total. The van der Waals surface area contributed by atoms with Crippen LogP contribution in [0.1, 0.15) is 47.9 Å². The monoisotopic (exact) mass is 485 g/mol. The smallest absolute Gasteiger partial charge is 0.257 e. The van der Waals surface area contributed by atoms with Crippen LogP contribution in [-0.4, -0.2) is 74.2 Å². The van der Waals surface area contributed by atoms with E-state index < -0.39 is 11.7 Å². The van der Waals surface area contributed by atoms with Gasteiger partial charge in [0.25, 0.3) is 11.8 Å². The van der Waals surface area contributed by atoms with Gasteiger partial charge in [0.1, 0.15) is 18.2 Å². The van der Waals surface area contributed by atoms with Gasteiger partial charge in [0.15, 0.2) is 0 Å². The van der Waals surface area contributed by atoms with Gasteiger partial charge < -0.3 is 19.7 Å². The summed E-state index contributed by atoms with van der Waals surface area (Å²) in [6.45, 7) is 9.07. The number of fused-ring (bicyclic) bond motifs is 1. The van der Waals surface area contributed by atoms with Gasteiger partial charge in [-0.15, -0.1) is 0 Å². The number of carbonyl (C=O) groups is 2. The van der Waals surface area contributed by atoms with E-state index in [1.54, 1.807) is 37.3 Å². The summed E-state index contributed by atoms with van der Waals surface area (Å²) in [6.07, 6.45) is 0.904. The van der Waals surface area contributed by atoms with E-state index in [-0.39, 0.29) is 24.0 Å². The number of hydrogen-bond acceptors (Lipinski definition) is 5. The van der Waals surface area contributed by atoms with Crippen LogP contribution < -0.4 is 10.1 Å². The number of carbonyl (C=O) groups excluding carboxylic acids is 2. The number of anilines is 1. The van der Waals surface area contributed by atoms with Crippen molar-refractivity contribution in [3.63, 3.8) is 0 Å². The molecule has 0 saturated carbocycles. The standard InChI is InChI=1S/C27H36FN3O4/c1-6-13-31-15-18(2)25(34-5)16-30(4)27(33)23-14-22(11-12-24(23)35-17-19(31)3)29-26(32)20-7-9-21(28)10-8-20/h7-12,14,18-19,25H,6,13,15-17H2,1-5H3,(H,29,32)/t18-,19-,25+/m1/s1. The van der Waals surface area contributed by atoms with Crippen molar-refractivity contribution in [1.82, 2.24) is 9.80 Å². The normalized spacial score (nSPS) is 21.9. The van der Waals surface area contributed by atoms with E-state index >= 15 is 0 Å². The van der Waals surface area contributed by atoms with Crippen molar-refractivity contribution in [3.05, 3.63) is 59.4 Å². The van der Waals surface area contributed by atoms with E-state index in [0.29, 0.717) is 35.7 Å². The fourth-order valence-corrected chi connectivity index (χ4v) is 4.33. The molecule has 35 heavy (non-hydrogen) atoms. The molecule has 2 aromatic carbocycles. The van der Waals surface area contributed by atoms with Gasteiger partial charge in [-0.25, -0.2) is 4.39 Å². The van der Waals surface area contributed by atoms with E-state index in [4.69, 9.17) is 9.47 Å². The van der Waals surface area contributed by atoms with Crippen LogP contribution in [0.4, 0.5) is 10.1 Å². The fourth-order valence-electron chi connectivity index (χ4n) is 4.33. The second kappa shape index (κ2) is 12.1. The first-order chi connectivity index (χ1) is 16.7. The SMILES string of the molecule is CCCN1C[C@@H](C)[C@@H](OC)CN(C)C(=O)c2cc(NC(=O)c3ccc(F)cc3)ccc2OC[C@H]1C. The number of nitrogens with zero attached hydrogens (tertiary/aromatic N) is 2. The largest absolute Gasteiger partial charge is 0.491 e. The number of hydrogen-bond donors (Lipinski definition) is 1. The first-order valence-corrected chi connectivity index (χ1v) is 12.1. The summed E-state index contributed by atoms with van der Waals surface area (Å²) in [4.78, 5) is 30.1. The van der Waals surface area contributed by atoms with E-state index in [1.165, 1.54) is 24.3 Å². The van der Waals surface area contributed by atoms with Crippen LogP contribution in [0.3, 0.4) is 0 Å². The topological polar surface area (TPSA) is 71.1 Å². The molecule has 1 N–H and O–H groups in total. The van der Waals surface area contributed by atoms with Crippen molar-refractivity contribution in [1.29, 1.82) is 0 Å². The Morgan fingerprint density at radius 3 is 2.54 bits per heavy atom. The van der Waals surface area contributed by atoms with Crippen LogP contribution in [0, 0.1) is 11.7 Å². The molecule has 0 aliphatic carbocycles. The summed E-state index contributed by atoms with van der Waals surface area (Å²) in [5.74, 6) is -0.345. The minimum absolute atomic E-state index is 0.124. The summed E-state index contributed by atoms with van der Waals surface area (Å²) in [5, 5.41) is 2.79. The minimum Gasteiger partial charge on any atom is -0.491 e. The molecule has 8 heteroatoms. The molecule has 0 fully saturated rings. The lowest BCUT2D eigenvalue weighted by atomic mass is 10.0. The first kappa shape index (κ1) is 26.6. The maximum Gasteiger partial charge on any atom is 0.257 e. The van der Waals surface area contributed by atoms with Gasteiger partial charge in [-0.2, -0.15) is 0 Å². The molecule has 3 atom stereocenters. The predicted octanol–water partition coefficient (Wildman–Crippen LogP) is 4.29. The molecule has 1 aliphatic rings. The van der Waals surface area contributed by atoms with Crippen molar-refractivity contribution in [2.75, 3.05) is 45.7 Å². The minimum atomic E-state index is -0.414. The van der Waals surface area contributed by atoms with Crippen LogP contribution in [0.25, 0.3) is 0 Å². The molecule has 2 amide bonds. The molecule has 0 unspecified atom stereocenters. The van der Waals surface area contributed by atoms with Crippen LogP contribution in [0.5, 0.6) is 5.75 Å². The van der Waals surface area contributed by atoms with Gasteiger partial charge in [-0.05, 0) is 68.3 Å². The Morgan fingerprint density at radius 2 is 1.89 bits per heavy atom. The van der Waals surface area contributed by atoms with Crippen LogP contribution in [0.2, 0.25) is 0 Å². The number of amides is 2. The van der Waals surface area contributed by atoms with Crippen LogP contribution in [0.15, 0.2) is 42.5 Å². The molecule has 1 heterocycles. The average Bonchev–Trinajstić information content (AvgIpc) is 2.85. The van der Waals surface area contributed by atoms with Crippen molar-refractivity contribution in [3.8, 4) is 5.75 Å². The highest BCUT2D eigenvalue weighted by Crippen LogP contribution is 2.27. The zero-order chi connectivity index (χ0) is 25.5. The number of nitrogens with one attached hydrogen (secondary N) is 1. The molecule has 0 radical (unpaired) electrons.